The lowest BCUT2D eigenvalue weighted by molar-refractivity contribution is -0.274. The Bertz CT molecular complexity index is 582. The van der Waals surface area contributed by atoms with Gasteiger partial charge in [0.25, 0.3) is 5.91 Å². The molecular weight excluding hydrogens is 327 g/mol. The quantitative estimate of drug-likeness (QED) is 0.887. The first-order chi connectivity index (χ1) is 11.3. The highest BCUT2D eigenvalue weighted by Gasteiger charge is 2.31. The molecule has 1 N–H and O–H groups in total. The van der Waals surface area contributed by atoms with Crippen molar-refractivity contribution >= 4 is 11.8 Å². The van der Waals surface area contributed by atoms with E-state index in [4.69, 9.17) is 0 Å². The fourth-order valence-corrected chi connectivity index (χ4v) is 2.37. The normalized spacial score (nSPS) is 15.9. The van der Waals surface area contributed by atoms with E-state index in [2.05, 4.69) is 10.1 Å². The van der Waals surface area contributed by atoms with Crippen molar-refractivity contribution < 1.29 is 27.5 Å². The summed E-state index contributed by atoms with van der Waals surface area (Å²) < 4.78 is 40.1. The van der Waals surface area contributed by atoms with Crippen LogP contribution in [0.15, 0.2) is 24.3 Å². The number of benzene rings is 1. The second-order valence-corrected chi connectivity index (χ2v) is 5.31. The molecular formula is C15H18F3N3O3. The molecule has 1 aliphatic heterocycles. The maximum Gasteiger partial charge on any atom is 0.573 e. The van der Waals surface area contributed by atoms with Crippen LogP contribution in [0.4, 0.5) is 13.2 Å². The van der Waals surface area contributed by atoms with Crippen molar-refractivity contribution in [3.05, 3.63) is 29.8 Å². The third-order valence-electron chi connectivity index (χ3n) is 3.64. The van der Waals surface area contributed by atoms with Gasteiger partial charge in [-0.05, 0) is 24.3 Å². The van der Waals surface area contributed by atoms with Crippen molar-refractivity contribution in [3.8, 4) is 5.75 Å². The maximum atomic E-state index is 12.3. The number of carbonyl (C=O) groups excluding carboxylic acids is 2. The van der Waals surface area contributed by atoms with Crippen LogP contribution in [0.2, 0.25) is 0 Å². The Kier molecular flexibility index (Phi) is 5.66. The number of halogens is 3. The molecule has 6 nitrogen and oxygen atoms in total. The molecule has 0 spiro atoms. The first-order valence-corrected chi connectivity index (χ1v) is 7.36. The van der Waals surface area contributed by atoms with E-state index in [-0.39, 0.29) is 24.1 Å². The van der Waals surface area contributed by atoms with Crippen molar-refractivity contribution in [2.75, 3.05) is 39.8 Å². The van der Waals surface area contributed by atoms with Crippen LogP contribution in [-0.2, 0) is 4.79 Å². The van der Waals surface area contributed by atoms with E-state index in [1.54, 1.807) is 11.9 Å². The van der Waals surface area contributed by atoms with E-state index < -0.39 is 6.36 Å². The molecule has 132 valence electrons. The largest absolute Gasteiger partial charge is 0.573 e. The zero-order chi connectivity index (χ0) is 17.7. The monoisotopic (exact) mass is 345 g/mol. The standard InChI is InChI=1S/C15H18F3N3O3/c1-19-13(22)10-20-6-8-21(9-7-20)14(23)11-2-4-12(5-3-11)24-15(16,17)18/h2-5H,6-10H2,1H3,(H,19,22). The highest BCUT2D eigenvalue weighted by atomic mass is 19.4. The second kappa shape index (κ2) is 7.52. The fraction of sp³-hybridized carbons (Fsp3) is 0.467. The smallest absolute Gasteiger partial charge is 0.406 e. The third kappa shape index (κ3) is 5.12. The summed E-state index contributed by atoms with van der Waals surface area (Å²) >= 11 is 0. The number of piperazine rings is 1. The van der Waals surface area contributed by atoms with Gasteiger partial charge in [-0.2, -0.15) is 0 Å². The van der Waals surface area contributed by atoms with Crippen LogP contribution in [0.3, 0.4) is 0 Å². The molecule has 0 bridgehead atoms. The maximum absolute atomic E-state index is 12.3. The van der Waals surface area contributed by atoms with Gasteiger partial charge < -0.3 is 15.0 Å². The molecule has 0 saturated carbocycles. The van der Waals surface area contributed by atoms with Crippen LogP contribution in [0.1, 0.15) is 10.4 Å². The Morgan fingerprint density at radius 1 is 1.12 bits per heavy atom. The minimum Gasteiger partial charge on any atom is -0.406 e. The molecule has 2 amide bonds. The lowest BCUT2D eigenvalue weighted by Gasteiger charge is -2.34. The van der Waals surface area contributed by atoms with E-state index in [1.165, 1.54) is 12.1 Å². The van der Waals surface area contributed by atoms with Crippen molar-refractivity contribution in [2.24, 2.45) is 0 Å². The molecule has 0 radical (unpaired) electrons. The zero-order valence-electron chi connectivity index (χ0n) is 13.1. The first kappa shape index (κ1) is 18.1. The summed E-state index contributed by atoms with van der Waals surface area (Å²) in [5.74, 6) is -0.711. The zero-order valence-corrected chi connectivity index (χ0v) is 13.1. The molecule has 2 rings (SSSR count). The summed E-state index contributed by atoms with van der Waals surface area (Å²) in [5.41, 5.74) is 0.296. The predicted molar refractivity (Wildman–Crippen MR) is 79.5 cm³/mol. The third-order valence-corrected chi connectivity index (χ3v) is 3.64. The SMILES string of the molecule is CNC(=O)CN1CCN(C(=O)c2ccc(OC(F)(F)F)cc2)CC1. The molecule has 0 atom stereocenters. The molecule has 9 heteroatoms. The van der Waals surface area contributed by atoms with Gasteiger partial charge in [0.05, 0.1) is 6.54 Å². The second-order valence-electron chi connectivity index (χ2n) is 5.31. The molecule has 1 aliphatic rings. The van der Waals surface area contributed by atoms with Gasteiger partial charge >= 0.3 is 6.36 Å². The Hall–Kier alpha value is -2.29. The van der Waals surface area contributed by atoms with Gasteiger partial charge in [-0.25, -0.2) is 0 Å². The van der Waals surface area contributed by atoms with Gasteiger partial charge in [0, 0.05) is 38.8 Å². The first-order valence-electron chi connectivity index (χ1n) is 7.36. The molecule has 1 saturated heterocycles. The molecule has 1 fully saturated rings. The molecule has 1 aromatic carbocycles. The number of hydrogen-bond acceptors (Lipinski definition) is 4. The minimum atomic E-state index is -4.76. The number of rotatable bonds is 4. The van der Waals surface area contributed by atoms with Crippen molar-refractivity contribution in [2.45, 2.75) is 6.36 Å². The molecule has 0 unspecified atom stereocenters. The predicted octanol–water partition coefficient (Wildman–Crippen LogP) is 1.09. The summed E-state index contributed by atoms with van der Waals surface area (Å²) in [6.07, 6.45) is -4.76. The van der Waals surface area contributed by atoms with Gasteiger partial charge in [-0.15, -0.1) is 13.2 Å². The number of nitrogens with one attached hydrogen (secondary N) is 1. The average molecular weight is 345 g/mol. The van der Waals surface area contributed by atoms with Crippen LogP contribution in [0, 0.1) is 0 Å². The number of amides is 2. The van der Waals surface area contributed by atoms with Gasteiger partial charge in [-0.1, -0.05) is 0 Å². The highest BCUT2D eigenvalue weighted by Crippen LogP contribution is 2.23. The van der Waals surface area contributed by atoms with Gasteiger partial charge in [-0.3, -0.25) is 14.5 Å². The van der Waals surface area contributed by atoms with Gasteiger partial charge in [0.15, 0.2) is 0 Å². The average Bonchev–Trinajstić information content (AvgIpc) is 2.54. The van der Waals surface area contributed by atoms with Gasteiger partial charge in [0.1, 0.15) is 5.75 Å². The van der Waals surface area contributed by atoms with Crippen LogP contribution in [0.25, 0.3) is 0 Å². The topological polar surface area (TPSA) is 61.9 Å². The molecule has 24 heavy (non-hydrogen) atoms. The lowest BCUT2D eigenvalue weighted by atomic mass is 10.1. The van der Waals surface area contributed by atoms with Crippen LogP contribution < -0.4 is 10.1 Å². The van der Waals surface area contributed by atoms with Crippen molar-refractivity contribution in [3.63, 3.8) is 0 Å². The molecule has 1 heterocycles. The Morgan fingerprint density at radius 3 is 2.21 bits per heavy atom. The van der Waals surface area contributed by atoms with E-state index in [9.17, 15) is 22.8 Å². The van der Waals surface area contributed by atoms with Crippen LogP contribution in [-0.4, -0.2) is 67.7 Å². The molecule has 1 aromatic rings. The van der Waals surface area contributed by atoms with Crippen LogP contribution in [0.5, 0.6) is 5.75 Å². The fourth-order valence-electron chi connectivity index (χ4n) is 2.37. The molecule has 0 aliphatic carbocycles. The minimum absolute atomic E-state index is 0.0879. The number of likely N-dealkylation sites (N-methyl/N-ethyl adjacent to an activating group) is 1. The van der Waals surface area contributed by atoms with E-state index in [1.807, 2.05) is 4.90 Å². The Balaban J connectivity index is 1.90. The van der Waals surface area contributed by atoms with Gasteiger partial charge in [0.2, 0.25) is 5.91 Å². The van der Waals surface area contributed by atoms with Crippen LogP contribution >= 0.6 is 0 Å². The van der Waals surface area contributed by atoms with E-state index >= 15 is 0 Å². The number of nitrogens with zero attached hydrogens (tertiary/aromatic N) is 2. The van der Waals surface area contributed by atoms with Crippen molar-refractivity contribution in [1.29, 1.82) is 0 Å². The summed E-state index contributed by atoms with van der Waals surface area (Å²) in [6.45, 7) is 2.32. The van der Waals surface area contributed by atoms with Crippen molar-refractivity contribution in [1.82, 2.24) is 15.1 Å². The summed E-state index contributed by atoms with van der Waals surface area (Å²) in [7, 11) is 1.56. The number of ether oxygens (including phenoxy) is 1. The Labute approximate surface area is 137 Å². The Morgan fingerprint density at radius 2 is 1.71 bits per heavy atom. The summed E-state index contributed by atoms with van der Waals surface area (Å²) in [5, 5.41) is 2.54. The number of hydrogen-bond donors (Lipinski definition) is 1. The highest BCUT2D eigenvalue weighted by molar-refractivity contribution is 5.94. The summed E-state index contributed by atoms with van der Waals surface area (Å²) in [6, 6.07) is 4.84. The van der Waals surface area contributed by atoms with E-state index in [0.29, 0.717) is 31.7 Å². The number of carbonyl (C=O) groups is 2. The number of alkyl halides is 3. The summed E-state index contributed by atoms with van der Waals surface area (Å²) in [4.78, 5) is 27.2. The van der Waals surface area contributed by atoms with E-state index in [0.717, 1.165) is 12.1 Å². The lowest BCUT2D eigenvalue weighted by Crippen LogP contribution is -2.50. The molecule has 0 aromatic heterocycles.